The summed E-state index contributed by atoms with van der Waals surface area (Å²) in [5.41, 5.74) is 1.06. The summed E-state index contributed by atoms with van der Waals surface area (Å²) in [7, 11) is 1.77. The van der Waals surface area contributed by atoms with Gasteiger partial charge in [-0.3, -0.25) is 0 Å². The smallest absolute Gasteiger partial charge is 0.256 e. The predicted octanol–water partition coefficient (Wildman–Crippen LogP) is 2.42. The molecule has 88 valence electrons. The van der Waals surface area contributed by atoms with Crippen LogP contribution in [-0.2, 0) is 0 Å². The molecule has 0 radical (unpaired) electrons. The Kier molecular flexibility index (Phi) is 3.36. The molecule has 1 atom stereocenters. The molecule has 0 bridgehead atoms. The first kappa shape index (κ1) is 12.0. The number of benzene rings is 1. The number of aromatic nitrogens is 1. The van der Waals surface area contributed by atoms with Crippen molar-refractivity contribution in [2.45, 2.75) is 17.7 Å². The minimum atomic E-state index is -0.564. The summed E-state index contributed by atoms with van der Waals surface area (Å²) >= 11 is 1.44. The predicted molar refractivity (Wildman–Crippen MR) is 67.8 cm³/mol. The Bertz CT molecular complexity index is 527. The van der Waals surface area contributed by atoms with Crippen molar-refractivity contribution in [3.63, 3.8) is 0 Å². The highest BCUT2D eigenvalue weighted by atomic mass is 32.2. The average Bonchev–Trinajstić information content (AvgIpc) is 2.79. The number of rotatable bonds is 4. The highest BCUT2D eigenvalue weighted by molar-refractivity contribution is 7.99. The molecule has 2 rings (SSSR count). The Morgan fingerprint density at radius 2 is 2.29 bits per heavy atom. The Hall–Kier alpha value is -1.51. The molecule has 0 amide bonds. The number of fused-ring (bicyclic) bond motifs is 1. The fourth-order valence-corrected chi connectivity index (χ4v) is 2.21. The summed E-state index contributed by atoms with van der Waals surface area (Å²) in [4.78, 5) is 4.34. The van der Waals surface area contributed by atoms with Crippen molar-refractivity contribution in [1.29, 1.82) is 5.26 Å². The van der Waals surface area contributed by atoms with Crippen LogP contribution in [-0.4, -0.2) is 23.3 Å². The fraction of sp³-hybridized carbons (Fsp3) is 0.333. The molecular formula is C12H13N3OS. The zero-order chi connectivity index (χ0) is 12.3. The van der Waals surface area contributed by atoms with Crippen molar-refractivity contribution in [3.8, 4) is 6.07 Å². The van der Waals surface area contributed by atoms with Crippen LogP contribution in [0, 0.1) is 11.3 Å². The Morgan fingerprint density at radius 3 is 2.94 bits per heavy atom. The highest BCUT2D eigenvalue weighted by Crippen LogP contribution is 2.25. The average molecular weight is 247 g/mol. The maximum atomic E-state index is 9.03. The lowest BCUT2D eigenvalue weighted by Crippen LogP contribution is -2.40. The van der Waals surface area contributed by atoms with Gasteiger partial charge in [-0.15, -0.1) is 0 Å². The van der Waals surface area contributed by atoms with Crippen LogP contribution in [0.5, 0.6) is 0 Å². The summed E-state index contributed by atoms with van der Waals surface area (Å²) in [6.45, 7) is 1.85. The number of thioether (sulfide) groups is 1. The molecule has 4 nitrogen and oxygen atoms in total. The molecular weight excluding hydrogens is 234 g/mol. The minimum absolute atomic E-state index is 0.564. The number of hydrogen-bond donors (Lipinski definition) is 1. The lowest BCUT2D eigenvalue weighted by Gasteiger charge is -2.18. The highest BCUT2D eigenvalue weighted by Gasteiger charge is 2.22. The molecule has 5 heteroatoms. The van der Waals surface area contributed by atoms with E-state index in [2.05, 4.69) is 16.4 Å². The first-order valence-corrected chi connectivity index (χ1v) is 6.24. The quantitative estimate of drug-likeness (QED) is 0.841. The molecule has 1 N–H and O–H groups in total. The van der Waals surface area contributed by atoms with E-state index in [9.17, 15) is 0 Å². The normalized spacial score (nSPS) is 14.4. The van der Waals surface area contributed by atoms with Gasteiger partial charge in [-0.25, -0.2) is 4.98 Å². The van der Waals surface area contributed by atoms with Crippen LogP contribution in [0.4, 0.5) is 0 Å². The monoisotopic (exact) mass is 247 g/mol. The molecule has 0 fully saturated rings. The third kappa shape index (κ3) is 2.60. The van der Waals surface area contributed by atoms with Crippen LogP contribution in [0.15, 0.2) is 33.9 Å². The number of nitrogens with one attached hydrogen (secondary N) is 1. The van der Waals surface area contributed by atoms with E-state index in [0.29, 0.717) is 11.0 Å². The molecule has 0 aliphatic carbocycles. The van der Waals surface area contributed by atoms with Gasteiger partial charge in [0.05, 0.1) is 6.07 Å². The van der Waals surface area contributed by atoms with Gasteiger partial charge in [0, 0.05) is 5.75 Å². The van der Waals surface area contributed by atoms with Gasteiger partial charge >= 0.3 is 0 Å². The van der Waals surface area contributed by atoms with E-state index in [4.69, 9.17) is 9.68 Å². The molecule has 2 aromatic rings. The molecule has 1 aromatic carbocycles. The summed E-state index contributed by atoms with van der Waals surface area (Å²) in [6, 6.07) is 9.86. The second-order valence-corrected chi connectivity index (χ2v) is 4.86. The SMILES string of the molecule is CNC(C)(C#N)CSc1nc2ccccc2o1. The van der Waals surface area contributed by atoms with E-state index in [-0.39, 0.29) is 0 Å². The van der Waals surface area contributed by atoms with Crippen molar-refractivity contribution in [2.75, 3.05) is 12.8 Å². The maximum absolute atomic E-state index is 9.03. The number of hydrogen-bond acceptors (Lipinski definition) is 5. The standard InChI is InChI=1S/C12H13N3OS/c1-12(7-13,14-2)8-17-11-15-9-5-3-4-6-10(9)16-11/h3-6,14H,8H2,1-2H3. The van der Waals surface area contributed by atoms with Gasteiger partial charge in [0.25, 0.3) is 5.22 Å². The molecule has 1 aromatic heterocycles. The fourth-order valence-electron chi connectivity index (χ4n) is 1.28. The van der Waals surface area contributed by atoms with Gasteiger partial charge in [0.15, 0.2) is 5.58 Å². The van der Waals surface area contributed by atoms with Gasteiger partial charge in [0.2, 0.25) is 0 Å². The second kappa shape index (κ2) is 4.78. The van der Waals surface area contributed by atoms with Gasteiger partial charge in [-0.1, -0.05) is 23.9 Å². The second-order valence-electron chi connectivity index (χ2n) is 3.93. The molecule has 1 unspecified atom stereocenters. The van der Waals surface area contributed by atoms with E-state index in [1.807, 2.05) is 31.2 Å². The number of para-hydroxylation sites is 2. The summed E-state index contributed by atoms with van der Waals surface area (Å²) in [6.07, 6.45) is 0. The zero-order valence-corrected chi connectivity index (χ0v) is 10.5. The van der Waals surface area contributed by atoms with Crippen molar-refractivity contribution in [3.05, 3.63) is 24.3 Å². The van der Waals surface area contributed by atoms with Gasteiger partial charge in [-0.05, 0) is 26.1 Å². The number of nitrogens with zero attached hydrogens (tertiary/aromatic N) is 2. The van der Waals surface area contributed by atoms with E-state index >= 15 is 0 Å². The molecule has 1 heterocycles. The lowest BCUT2D eigenvalue weighted by molar-refractivity contribution is 0.485. The lowest BCUT2D eigenvalue weighted by atomic mass is 10.1. The van der Waals surface area contributed by atoms with Crippen molar-refractivity contribution < 1.29 is 4.42 Å². The molecule has 0 saturated heterocycles. The van der Waals surface area contributed by atoms with Gasteiger partial charge < -0.3 is 9.73 Å². The number of nitriles is 1. The van der Waals surface area contributed by atoms with Gasteiger partial charge in [-0.2, -0.15) is 5.26 Å². The Labute approximate surface area is 104 Å². The van der Waals surface area contributed by atoms with Crippen LogP contribution >= 0.6 is 11.8 Å². The molecule has 17 heavy (non-hydrogen) atoms. The summed E-state index contributed by atoms with van der Waals surface area (Å²) in [5, 5.41) is 12.6. The van der Waals surface area contributed by atoms with Crippen LogP contribution in [0.2, 0.25) is 0 Å². The Balaban J connectivity index is 2.12. The van der Waals surface area contributed by atoms with Crippen LogP contribution in [0.3, 0.4) is 0 Å². The van der Waals surface area contributed by atoms with Gasteiger partial charge in [0.1, 0.15) is 11.1 Å². The summed E-state index contributed by atoms with van der Waals surface area (Å²) < 4.78 is 5.57. The van der Waals surface area contributed by atoms with Crippen LogP contribution < -0.4 is 5.32 Å². The summed E-state index contributed by atoms with van der Waals surface area (Å²) in [5.74, 6) is 0.590. The van der Waals surface area contributed by atoms with E-state index in [1.165, 1.54) is 11.8 Å². The van der Waals surface area contributed by atoms with Crippen LogP contribution in [0.1, 0.15) is 6.92 Å². The molecule has 0 saturated carbocycles. The molecule has 0 aliphatic heterocycles. The molecule has 0 aliphatic rings. The first-order chi connectivity index (χ1) is 8.17. The van der Waals surface area contributed by atoms with E-state index in [1.54, 1.807) is 7.05 Å². The first-order valence-electron chi connectivity index (χ1n) is 5.25. The van der Waals surface area contributed by atoms with E-state index < -0.39 is 5.54 Å². The topological polar surface area (TPSA) is 61.9 Å². The molecule has 0 spiro atoms. The zero-order valence-electron chi connectivity index (χ0n) is 9.73. The van der Waals surface area contributed by atoms with Crippen molar-refractivity contribution in [1.82, 2.24) is 10.3 Å². The van der Waals surface area contributed by atoms with E-state index in [0.717, 1.165) is 11.1 Å². The van der Waals surface area contributed by atoms with Crippen molar-refractivity contribution in [2.24, 2.45) is 0 Å². The number of oxazole rings is 1. The third-order valence-electron chi connectivity index (χ3n) is 2.56. The third-order valence-corrected chi connectivity index (χ3v) is 3.70. The van der Waals surface area contributed by atoms with Crippen molar-refractivity contribution >= 4 is 22.9 Å². The Morgan fingerprint density at radius 1 is 1.53 bits per heavy atom. The maximum Gasteiger partial charge on any atom is 0.256 e. The minimum Gasteiger partial charge on any atom is -0.431 e. The largest absolute Gasteiger partial charge is 0.431 e. The van der Waals surface area contributed by atoms with Crippen LogP contribution in [0.25, 0.3) is 11.1 Å².